The van der Waals surface area contributed by atoms with Gasteiger partial charge in [0.25, 0.3) is 0 Å². The van der Waals surface area contributed by atoms with Gasteiger partial charge in [-0.3, -0.25) is 0 Å². The molecule has 1 heterocycles. The topological polar surface area (TPSA) is 37.8 Å². The number of aryl methyl sites for hydroxylation is 1. The van der Waals surface area contributed by atoms with Crippen molar-refractivity contribution in [3.8, 4) is 0 Å². The summed E-state index contributed by atoms with van der Waals surface area (Å²) in [4.78, 5) is 8.35. The van der Waals surface area contributed by atoms with E-state index >= 15 is 0 Å². The molecule has 0 spiro atoms. The van der Waals surface area contributed by atoms with Gasteiger partial charge in [0.1, 0.15) is 12.1 Å². The summed E-state index contributed by atoms with van der Waals surface area (Å²) >= 11 is 0. The fourth-order valence-corrected chi connectivity index (χ4v) is 1.41. The van der Waals surface area contributed by atoms with Crippen LogP contribution in [-0.2, 0) is 6.42 Å². The van der Waals surface area contributed by atoms with Crippen molar-refractivity contribution in [1.82, 2.24) is 9.97 Å². The number of hydrogen-bond donors (Lipinski definition) is 1. The lowest BCUT2D eigenvalue weighted by atomic mass is 10.1. The third-order valence-electron chi connectivity index (χ3n) is 2.35. The van der Waals surface area contributed by atoms with E-state index in [2.05, 4.69) is 36.1 Å². The Morgan fingerprint density at radius 1 is 1.33 bits per heavy atom. The summed E-state index contributed by atoms with van der Waals surface area (Å²) in [6.45, 7) is 7.60. The zero-order chi connectivity index (χ0) is 11.1. The molecule has 0 saturated heterocycles. The standard InChI is InChI=1S/C12H21N3/c1-4-11-8-12(15-9-14-11)13-7-5-6-10(2)3/h8-10H,4-7H2,1-3H3,(H,13,14,15). The monoisotopic (exact) mass is 207 g/mol. The van der Waals surface area contributed by atoms with E-state index in [1.165, 1.54) is 12.8 Å². The Labute approximate surface area is 92.3 Å². The average molecular weight is 207 g/mol. The lowest BCUT2D eigenvalue weighted by Crippen LogP contribution is -2.05. The Morgan fingerprint density at radius 2 is 2.13 bits per heavy atom. The van der Waals surface area contributed by atoms with Gasteiger partial charge < -0.3 is 5.32 Å². The summed E-state index contributed by atoms with van der Waals surface area (Å²) in [5.74, 6) is 1.73. The molecule has 1 aromatic rings. The van der Waals surface area contributed by atoms with E-state index in [1.54, 1.807) is 6.33 Å². The largest absolute Gasteiger partial charge is 0.370 e. The minimum Gasteiger partial charge on any atom is -0.370 e. The van der Waals surface area contributed by atoms with Crippen LogP contribution in [0.15, 0.2) is 12.4 Å². The Kier molecular flexibility index (Phi) is 5.08. The Morgan fingerprint density at radius 3 is 2.80 bits per heavy atom. The number of hydrogen-bond acceptors (Lipinski definition) is 3. The van der Waals surface area contributed by atoms with Crippen LogP contribution >= 0.6 is 0 Å². The van der Waals surface area contributed by atoms with Crippen molar-refractivity contribution in [2.75, 3.05) is 11.9 Å². The maximum Gasteiger partial charge on any atom is 0.129 e. The van der Waals surface area contributed by atoms with Crippen molar-refractivity contribution in [3.63, 3.8) is 0 Å². The molecule has 84 valence electrons. The average Bonchev–Trinajstić information content (AvgIpc) is 2.24. The third kappa shape index (κ3) is 4.77. The maximum absolute atomic E-state index is 4.18. The SMILES string of the molecule is CCc1cc(NCCCC(C)C)ncn1. The predicted octanol–water partition coefficient (Wildman–Crippen LogP) is 2.89. The van der Waals surface area contributed by atoms with Crippen LogP contribution in [0, 0.1) is 5.92 Å². The normalized spacial score (nSPS) is 10.7. The minimum absolute atomic E-state index is 0.781. The molecule has 0 unspecified atom stereocenters. The highest BCUT2D eigenvalue weighted by Gasteiger charge is 1.97. The second-order valence-electron chi connectivity index (χ2n) is 4.21. The van der Waals surface area contributed by atoms with Crippen molar-refractivity contribution >= 4 is 5.82 Å². The summed E-state index contributed by atoms with van der Waals surface area (Å²) in [7, 11) is 0. The smallest absolute Gasteiger partial charge is 0.129 e. The first kappa shape index (κ1) is 12.0. The third-order valence-corrected chi connectivity index (χ3v) is 2.35. The quantitative estimate of drug-likeness (QED) is 0.729. The van der Waals surface area contributed by atoms with E-state index in [4.69, 9.17) is 0 Å². The predicted molar refractivity (Wildman–Crippen MR) is 64.0 cm³/mol. The van der Waals surface area contributed by atoms with Crippen molar-refractivity contribution in [3.05, 3.63) is 18.1 Å². The van der Waals surface area contributed by atoms with Gasteiger partial charge in [-0.05, 0) is 25.2 Å². The molecule has 0 saturated carbocycles. The van der Waals surface area contributed by atoms with Gasteiger partial charge in [0, 0.05) is 18.3 Å². The molecule has 0 atom stereocenters. The highest BCUT2D eigenvalue weighted by Crippen LogP contribution is 2.06. The van der Waals surface area contributed by atoms with Gasteiger partial charge in [-0.1, -0.05) is 20.8 Å². The molecule has 0 fully saturated rings. The molecule has 1 N–H and O–H groups in total. The molecule has 0 aliphatic carbocycles. The Hall–Kier alpha value is -1.12. The number of rotatable bonds is 6. The number of anilines is 1. The van der Waals surface area contributed by atoms with Crippen molar-refractivity contribution in [2.45, 2.75) is 40.0 Å². The summed E-state index contributed by atoms with van der Waals surface area (Å²) in [6.07, 6.45) is 5.05. The lowest BCUT2D eigenvalue weighted by molar-refractivity contribution is 0.566. The summed E-state index contributed by atoms with van der Waals surface area (Å²) in [6, 6.07) is 2.02. The first-order valence-corrected chi connectivity index (χ1v) is 5.77. The van der Waals surface area contributed by atoms with Crippen molar-refractivity contribution in [1.29, 1.82) is 0 Å². The second kappa shape index (κ2) is 6.38. The second-order valence-corrected chi connectivity index (χ2v) is 4.21. The summed E-state index contributed by atoms with van der Waals surface area (Å²) in [5, 5.41) is 3.32. The Bertz CT molecular complexity index is 284. The number of nitrogens with one attached hydrogen (secondary N) is 1. The highest BCUT2D eigenvalue weighted by molar-refractivity contribution is 5.34. The molecule has 1 rings (SSSR count). The van der Waals surface area contributed by atoms with Crippen LogP contribution in [-0.4, -0.2) is 16.5 Å². The van der Waals surface area contributed by atoms with Gasteiger partial charge in [-0.2, -0.15) is 0 Å². The van der Waals surface area contributed by atoms with Crippen LogP contribution in [0.1, 0.15) is 39.3 Å². The highest BCUT2D eigenvalue weighted by atomic mass is 15.0. The van der Waals surface area contributed by atoms with Gasteiger partial charge in [0.15, 0.2) is 0 Å². The van der Waals surface area contributed by atoms with E-state index in [9.17, 15) is 0 Å². The maximum atomic E-state index is 4.18. The molecule has 0 aromatic carbocycles. The zero-order valence-corrected chi connectivity index (χ0v) is 9.95. The lowest BCUT2D eigenvalue weighted by Gasteiger charge is -2.07. The molecule has 3 nitrogen and oxygen atoms in total. The van der Waals surface area contributed by atoms with E-state index in [-0.39, 0.29) is 0 Å². The van der Waals surface area contributed by atoms with Crippen molar-refractivity contribution in [2.24, 2.45) is 5.92 Å². The molecule has 0 radical (unpaired) electrons. The molecular weight excluding hydrogens is 186 g/mol. The van der Waals surface area contributed by atoms with E-state index in [0.29, 0.717) is 0 Å². The number of nitrogens with zero attached hydrogens (tertiary/aromatic N) is 2. The van der Waals surface area contributed by atoms with Gasteiger partial charge >= 0.3 is 0 Å². The summed E-state index contributed by atoms with van der Waals surface area (Å²) in [5.41, 5.74) is 1.09. The van der Waals surface area contributed by atoms with Crippen LogP contribution < -0.4 is 5.32 Å². The fraction of sp³-hybridized carbons (Fsp3) is 0.667. The molecule has 0 aliphatic rings. The molecule has 0 aliphatic heterocycles. The van der Waals surface area contributed by atoms with Crippen LogP contribution in [0.2, 0.25) is 0 Å². The van der Waals surface area contributed by atoms with Gasteiger partial charge in [-0.25, -0.2) is 9.97 Å². The van der Waals surface area contributed by atoms with Crippen molar-refractivity contribution < 1.29 is 0 Å². The van der Waals surface area contributed by atoms with E-state index in [0.717, 1.165) is 30.4 Å². The van der Waals surface area contributed by atoms with Gasteiger partial charge in [0.05, 0.1) is 0 Å². The van der Waals surface area contributed by atoms with Gasteiger partial charge in [0.2, 0.25) is 0 Å². The first-order chi connectivity index (χ1) is 7.22. The number of aromatic nitrogens is 2. The van der Waals surface area contributed by atoms with Crippen LogP contribution in [0.25, 0.3) is 0 Å². The van der Waals surface area contributed by atoms with Crippen LogP contribution in [0.4, 0.5) is 5.82 Å². The van der Waals surface area contributed by atoms with Gasteiger partial charge in [-0.15, -0.1) is 0 Å². The van der Waals surface area contributed by atoms with Crippen LogP contribution in [0.5, 0.6) is 0 Å². The van der Waals surface area contributed by atoms with Crippen LogP contribution in [0.3, 0.4) is 0 Å². The molecule has 0 amide bonds. The molecule has 0 bridgehead atoms. The molecular formula is C12H21N3. The molecule has 3 heteroatoms. The Balaban J connectivity index is 2.30. The summed E-state index contributed by atoms with van der Waals surface area (Å²) < 4.78 is 0. The zero-order valence-electron chi connectivity index (χ0n) is 9.95. The van der Waals surface area contributed by atoms with E-state index < -0.39 is 0 Å². The molecule has 15 heavy (non-hydrogen) atoms. The minimum atomic E-state index is 0.781. The first-order valence-electron chi connectivity index (χ1n) is 5.77. The van der Waals surface area contributed by atoms with E-state index in [1.807, 2.05) is 6.07 Å². The molecule has 1 aromatic heterocycles. The fourth-order valence-electron chi connectivity index (χ4n) is 1.41.